The summed E-state index contributed by atoms with van der Waals surface area (Å²) in [4.78, 5) is 0. The molecular formula is C17H22N3. The smallest absolute Gasteiger partial charge is 0.0448 e. The SMILES string of the molecule is CCNc1[c]c(NCC)cc(-c2ccc(CN)cc2)c1. The molecule has 0 unspecified atom stereocenters. The zero-order valence-corrected chi connectivity index (χ0v) is 12.2. The summed E-state index contributed by atoms with van der Waals surface area (Å²) in [6.07, 6.45) is 0. The van der Waals surface area contributed by atoms with Crippen molar-refractivity contribution in [2.45, 2.75) is 20.4 Å². The second kappa shape index (κ2) is 6.96. The van der Waals surface area contributed by atoms with Crippen molar-refractivity contribution in [2.75, 3.05) is 23.7 Å². The van der Waals surface area contributed by atoms with Crippen LogP contribution in [0.1, 0.15) is 19.4 Å². The summed E-state index contributed by atoms with van der Waals surface area (Å²) in [6.45, 7) is 6.52. The maximum absolute atomic E-state index is 5.64. The van der Waals surface area contributed by atoms with E-state index in [0.717, 1.165) is 30.0 Å². The van der Waals surface area contributed by atoms with Gasteiger partial charge in [0.05, 0.1) is 0 Å². The van der Waals surface area contributed by atoms with E-state index < -0.39 is 0 Å². The second-order valence-corrected chi connectivity index (χ2v) is 4.66. The molecule has 2 rings (SSSR count). The van der Waals surface area contributed by atoms with Crippen LogP contribution in [0.3, 0.4) is 0 Å². The Kier molecular flexibility index (Phi) is 5.02. The largest absolute Gasteiger partial charge is 0.385 e. The van der Waals surface area contributed by atoms with E-state index in [9.17, 15) is 0 Å². The van der Waals surface area contributed by atoms with Gasteiger partial charge in [0.25, 0.3) is 0 Å². The fourth-order valence-electron chi connectivity index (χ4n) is 2.14. The zero-order valence-electron chi connectivity index (χ0n) is 12.2. The summed E-state index contributed by atoms with van der Waals surface area (Å²) in [5.74, 6) is 0. The Morgan fingerprint density at radius 3 is 1.90 bits per heavy atom. The van der Waals surface area contributed by atoms with Gasteiger partial charge in [0.15, 0.2) is 0 Å². The predicted octanol–water partition coefficient (Wildman–Crippen LogP) is 3.48. The lowest BCUT2D eigenvalue weighted by Crippen LogP contribution is -2.01. The second-order valence-electron chi connectivity index (χ2n) is 4.66. The van der Waals surface area contributed by atoms with Gasteiger partial charge in [-0.05, 0) is 42.7 Å². The Morgan fingerprint density at radius 1 is 0.900 bits per heavy atom. The number of hydrogen-bond donors (Lipinski definition) is 3. The van der Waals surface area contributed by atoms with Gasteiger partial charge in [-0.2, -0.15) is 0 Å². The van der Waals surface area contributed by atoms with Crippen LogP contribution in [0.15, 0.2) is 36.4 Å². The minimum atomic E-state index is 0.578. The number of nitrogens with one attached hydrogen (secondary N) is 2. The molecule has 1 radical (unpaired) electrons. The molecular weight excluding hydrogens is 246 g/mol. The quantitative estimate of drug-likeness (QED) is 0.752. The number of rotatable bonds is 6. The third kappa shape index (κ3) is 3.52. The summed E-state index contributed by atoms with van der Waals surface area (Å²) >= 11 is 0. The molecule has 0 spiro atoms. The van der Waals surface area contributed by atoms with Gasteiger partial charge in [-0.15, -0.1) is 0 Å². The molecule has 0 aliphatic carbocycles. The standard InChI is InChI=1S/C17H22N3/c1-3-19-16-9-15(10-17(11-16)20-4-2)14-7-5-13(12-18)6-8-14/h5-10,19-20H,3-4,12,18H2,1-2H3. The van der Waals surface area contributed by atoms with Crippen LogP contribution in [0.2, 0.25) is 0 Å². The summed E-state index contributed by atoms with van der Waals surface area (Å²) < 4.78 is 0. The highest BCUT2D eigenvalue weighted by Crippen LogP contribution is 2.27. The minimum Gasteiger partial charge on any atom is -0.385 e. The van der Waals surface area contributed by atoms with E-state index in [-0.39, 0.29) is 0 Å². The molecule has 4 N–H and O–H groups in total. The Labute approximate surface area is 121 Å². The monoisotopic (exact) mass is 268 g/mol. The van der Waals surface area contributed by atoms with Gasteiger partial charge >= 0.3 is 0 Å². The molecule has 0 aliphatic heterocycles. The first kappa shape index (κ1) is 14.4. The Morgan fingerprint density at radius 2 is 1.45 bits per heavy atom. The lowest BCUT2D eigenvalue weighted by atomic mass is 10.0. The number of anilines is 2. The molecule has 0 saturated heterocycles. The van der Waals surface area contributed by atoms with Crippen molar-refractivity contribution in [1.82, 2.24) is 0 Å². The first-order chi connectivity index (χ1) is 9.76. The molecule has 2 aromatic rings. The Hall–Kier alpha value is -2.00. The van der Waals surface area contributed by atoms with Gasteiger partial charge in [-0.1, -0.05) is 24.3 Å². The van der Waals surface area contributed by atoms with Crippen LogP contribution >= 0.6 is 0 Å². The van der Waals surface area contributed by atoms with Gasteiger partial charge in [-0.3, -0.25) is 0 Å². The van der Waals surface area contributed by atoms with Crippen LogP contribution < -0.4 is 16.4 Å². The number of benzene rings is 2. The van der Waals surface area contributed by atoms with Crippen LogP contribution in [0.4, 0.5) is 11.4 Å². The summed E-state index contributed by atoms with van der Waals surface area (Å²) in [7, 11) is 0. The third-order valence-electron chi connectivity index (χ3n) is 3.13. The highest BCUT2D eigenvalue weighted by molar-refractivity contribution is 5.73. The maximum atomic E-state index is 5.64. The van der Waals surface area contributed by atoms with Crippen LogP contribution in [0, 0.1) is 6.07 Å². The van der Waals surface area contributed by atoms with Gasteiger partial charge in [0.2, 0.25) is 0 Å². The average Bonchev–Trinajstić information content (AvgIpc) is 2.48. The van der Waals surface area contributed by atoms with E-state index in [1.54, 1.807) is 0 Å². The van der Waals surface area contributed by atoms with Crippen molar-refractivity contribution >= 4 is 11.4 Å². The van der Waals surface area contributed by atoms with Crippen LogP contribution in [0.25, 0.3) is 11.1 Å². The molecule has 20 heavy (non-hydrogen) atoms. The Bertz CT molecular complexity index is 522. The molecule has 105 valence electrons. The molecule has 0 atom stereocenters. The van der Waals surface area contributed by atoms with E-state index in [1.807, 2.05) is 0 Å². The molecule has 0 saturated carbocycles. The average molecular weight is 268 g/mol. The molecule has 0 bridgehead atoms. The maximum Gasteiger partial charge on any atom is 0.0448 e. The number of nitrogens with two attached hydrogens (primary N) is 1. The van der Waals surface area contributed by atoms with Gasteiger partial charge in [-0.25, -0.2) is 0 Å². The zero-order chi connectivity index (χ0) is 14.4. The fraction of sp³-hybridized carbons (Fsp3) is 0.294. The van der Waals surface area contributed by atoms with Gasteiger partial charge in [0, 0.05) is 37.1 Å². The highest BCUT2D eigenvalue weighted by Gasteiger charge is 2.03. The van der Waals surface area contributed by atoms with Gasteiger partial charge in [0.1, 0.15) is 0 Å². The van der Waals surface area contributed by atoms with E-state index in [1.165, 1.54) is 11.1 Å². The molecule has 0 aliphatic rings. The normalized spacial score (nSPS) is 10.3. The van der Waals surface area contributed by atoms with E-state index in [0.29, 0.717) is 6.54 Å². The van der Waals surface area contributed by atoms with Crippen LogP contribution in [-0.2, 0) is 6.54 Å². The van der Waals surface area contributed by atoms with Crippen molar-refractivity contribution in [3.05, 3.63) is 48.0 Å². The lowest BCUT2D eigenvalue weighted by molar-refractivity contribution is 1.07. The van der Waals surface area contributed by atoms with Crippen LogP contribution in [0.5, 0.6) is 0 Å². The summed E-state index contributed by atoms with van der Waals surface area (Å²) in [5, 5.41) is 6.65. The predicted molar refractivity (Wildman–Crippen MR) is 86.9 cm³/mol. The molecule has 0 amide bonds. The molecule has 2 aromatic carbocycles. The van der Waals surface area contributed by atoms with Crippen LogP contribution in [-0.4, -0.2) is 13.1 Å². The van der Waals surface area contributed by atoms with Crippen molar-refractivity contribution in [2.24, 2.45) is 5.73 Å². The molecule has 3 nitrogen and oxygen atoms in total. The van der Waals surface area contributed by atoms with E-state index in [4.69, 9.17) is 5.73 Å². The first-order valence-electron chi connectivity index (χ1n) is 7.11. The Balaban J connectivity index is 2.37. The van der Waals surface area contributed by atoms with Crippen molar-refractivity contribution < 1.29 is 0 Å². The minimum absolute atomic E-state index is 0.578. The number of hydrogen-bond acceptors (Lipinski definition) is 3. The summed E-state index contributed by atoms with van der Waals surface area (Å²) in [5.41, 5.74) is 11.2. The van der Waals surface area contributed by atoms with Crippen molar-refractivity contribution in [3.8, 4) is 11.1 Å². The molecule has 0 heterocycles. The molecule has 0 fully saturated rings. The van der Waals surface area contributed by atoms with E-state index in [2.05, 4.69) is 66.9 Å². The third-order valence-corrected chi connectivity index (χ3v) is 3.13. The lowest BCUT2D eigenvalue weighted by Gasteiger charge is -2.11. The van der Waals surface area contributed by atoms with Gasteiger partial charge < -0.3 is 16.4 Å². The highest BCUT2D eigenvalue weighted by atomic mass is 14.9. The van der Waals surface area contributed by atoms with Crippen molar-refractivity contribution in [3.63, 3.8) is 0 Å². The van der Waals surface area contributed by atoms with E-state index >= 15 is 0 Å². The fourth-order valence-corrected chi connectivity index (χ4v) is 2.14. The first-order valence-corrected chi connectivity index (χ1v) is 7.11. The molecule has 3 heteroatoms. The molecule has 0 aromatic heterocycles. The summed E-state index contributed by atoms with van der Waals surface area (Å²) in [6, 6.07) is 16.0. The topological polar surface area (TPSA) is 50.1 Å². The van der Waals surface area contributed by atoms with Crippen molar-refractivity contribution in [1.29, 1.82) is 0 Å².